The minimum absolute atomic E-state index is 0.174. The second kappa shape index (κ2) is 5.65. The Hall–Kier alpha value is -1.84. The summed E-state index contributed by atoms with van der Waals surface area (Å²) in [5, 5.41) is 9.33. The Bertz CT molecular complexity index is 539. The second-order valence-corrected chi connectivity index (χ2v) is 5.78. The number of benzene rings is 1. The molecule has 4 nitrogen and oxygen atoms in total. The van der Waals surface area contributed by atoms with Crippen molar-refractivity contribution in [3.8, 4) is 0 Å². The number of piperidine rings is 1. The van der Waals surface area contributed by atoms with Gasteiger partial charge in [-0.3, -0.25) is 4.79 Å². The third-order valence-electron chi connectivity index (χ3n) is 4.16. The number of aryl methyl sites for hydroxylation is 2. The number of aliphatic carboxylic acids is 1. The predicted octanol–water partition coefficient (Wildman–Crippen LogP) is 2.63. The first-order valence-electron chi connectivity index (χ1n) is 7.01. The van der Waals surface area contributed by atoms with Crippen LogP contribution in [-0.4, -0.2) is 34.5 Å². The molecular formula is C16H21NO3. The highest BCUT2D eigenvalue weighted by molar-refractivity contribution is 5.97. The summed E-state index contributed by atoms with van der Waals surface area (Å²) in [5.41, 5.74) is 2.76. The molecule has 1 aromatic carbocycles. The van der Waals surface area contributed by atoms with Gasteiger partial charge in [-0.1, -0.05) is 13.0 Å². The van der Waals surface area contributed by atoms with Crippen LogP contribution >= 0.6 is 0 Å². The first-order valence-corrected chi connectivity index (χ1v) is 7.01. The van der Waals surface area contributed by atoms with Gasteiger partial charge in [0, 0.05) is 12.1 Å². The lowest BCUT2D eigenvalue weighted by Crippen LogP contribution is -2.49. The zero-order valence-electron chi connectivity index (χ0n) is 12.2. The molecule has 108 valence electrons. The average molecular weight is 275 g/mol. The van der Waals surface area contributed by atoms with Crippen molar-refractivity contribution in [2.24, 2.45) is 5.92 Å². The van der Waals surface area contributed by atoms with E-state index in [1.54, 1.807) is 6.07 Å². The first-order chi connectivity index (χ1) is 9.40. The van der Waals surface area contributed by atoms with Crippen molar-refractivity contribution in [3.05, 3.63) is 34.9 Å². The normalized spacial score (nSPS) is 22.6. The summed E-state index contributed by atoms with van der Waals surface area (Å²) in [6.07, 6.45) is 1.40. The van der Waals surface area contributed by atoms with Crippen LogP contribution in [0.5, 0.6) is 0 Å². The van der Waals surface area contributed by atoms with E-state index >= 15 is 0 Å². The molecule has 0 aliphatic carbocycles. The van der Waals surface area contributed by atoms with Crippen molar-refractivity contribution in [3.63, 3.8) is 0 Å². The van der Waals surface area contributed by atoms with Crippen molar-refractivity contribution in [2.45, 2.75) is 39.7 Å². The zero-order chi connectivity index (χ0) is 14.9. The Labute approximate surface area is 119 Å². The van der Waals surface area contributed by atoms with E-state index < -0.39 is 12.0 Å². The van der Waals surface area contributed by atoms with E-state index in [-0.39, 0.29) is 5.91 Å². The van der Waals surface area contributed by atoms with E-state index in [9.17, 15) is 14.7 Å². The lowest BCUT2D eigenvalue weighted by Gasteiger charge is -2.36. The Balaban J connectivity index is 2.26. The highest BCUT2D eigenvalue weighted by Gasteiger charge is 2.35. The molecule has 1 saturated heterocycles. The molecule has 0 spiro atoms. The Morgan fingerprint density at radius 3 is 2.55 bits per heavy atom. The summed E-state index contributed by atoms with van der Waals surface area (Å²) in [6, 6.07) is 4.83. The standard InChI is InChI=1S/C16H21NO3/c1-10-6-7-17(14(8-10)16(19)20)15(18)13-5-4-11(2)12(3)9-13/h4-5,9-10,14H,6-8H2,1-3H3,(H,19,20). The van der Waals surface area contributed by atoms with Gasteiger partial charge >= 0.3 is 5.97 Å². The van der Waals surface area contributed by atoms with Crippen molar-refractivity contribution in [1.29, 1.82) is 0 Å². The van der Waals surface area contributed by atoms with Crippen LogP contribution in [-0.2, 0) is 4.79 Å². The molecule has 1 aliphatic heterocycles. The van der Waals surface area contributed by atoms with Crippen LogP contribution in [0.2, 0.25) is 0 Å². The van der Waals surface area contributed by atoms with Crippen LogP contribution in [0.15, 0.2) is 18.2 Å². The van der Waals surface area contributed by atoms with Crippen molar-refractivity contribution in [1.82, 2.24) is 4.90 Å². The van der Waals surface area contributed by atoms with Gasteiger partial charge in [-0.2, -0.15) is 0 Å². The number of carboxylic acid groups (broad SMARTS) is 1. The highest BCUT2D eigenvalue weighted by Crippen LogP contribution is 2.25. The maximum Gasteiger partial charge on any atom is 0.326 e. The van der Waals surface area contributed by atoms with E-state index in [4.69, 9.17) is 0 Å². The van der Waals surface area contributed by atoms with Gasteiger partial charge in [-0.25, -0.2) is 4.79 Å². The largest absolute Gasteiger partial charge is 0.480 e. The van der Waals surface area contributed by atoms with E-state index in [1.165, 1.54) is 4.90 Å². The monoisotopic (exact) mass is 275 g/mol. The van der Waals surface area contributed by atoms with Crippen LogP contribution in [0, 0.1) is 19.8 Å². The van der Waals surface area contributed by atoms with Gasteiger partial charge in [0.05, 0.1) is 0 Å². The summed E-state index contributed by atoms with van der Waals surface area (Å²) in [4.78, 5) is 25.4. The lowest BCUT2D eigenvalue weighted by molar-refractivity contribution is -0.144. The number of carbonyl (C=O) groups excluding carboxylic acids is 1. The summed E-state index contributed by atoms with van der Waals surface area (Å²) in [5.74, 6) is -0.735. The number of nitrogens with zero attached hydrogens (tertiary/aromatic N) is 1. The van der Waals surface area contributed by atoms with Gasteiger partial charge in [0.15, 0.2) is 0 Å². The average Bonchev–Trinajstić information content (AvgIpc) is 2.41. The van der Waals surface area contributed by atoms with E-state index in [2.05, 4.69) is 0 Å². The number of hydrogen-bond acceptors (Lipinski definition) is 2. The molecule has 4 heteroatoms. The van der Waals surface area contributed by atoms with Gasteiger partial charge in [0.25, 0.3) is 5.91 Å². The molecule has 0 saturated carbocycles. The molecule has 1 fully saturated rings. The molecule has 2 unspecified atom stereocenters. The molecule has 0 bridgehead atoms. The van der Waals surface area contributed by atoms with Crippen molar-refractivity contribution >= 4 is 11.9 Å². The van der Waals surface area contributed by atoms with Crippen LogP contribution in [0.25, 0.3) is 0 Å². The molecule has 1 amide bonds. The van der Waals surface area contributed by atoms with E-state index in [0.717, 1.165) is 17.5 Å². The Kier molecular flexibility index (Phi) is 4.12. The second-order valence-electron chi connectivity index (χ2n) is 5.78. The Morgan fingerprint density at radius 2 is 1.95 bits per heavy atom. The number of rotatable bonds is 2. The number of carbonyl (C=O) groups is 2. The summed E-state index contributed by atoms with van der Waals surface area (Å²) in [7, 11) is 0. The topological polar surface area (TPSA) is 57.6 Å². The smallest absolute Gasteiger partial charge is 0.326 e. The molecule has 1 aromatic rings. The van der Waals surface area contributed by atoms with Gasteiger partial charge in [0.2, 0.25) is 0 Å². The van der Waals surface area contributed by atoms with E-state index in [0.29, 0.717) is 24.4 Å². The van der Waals surface area contributed by atoms with Crippen molar-refractivity contribution < 1.29 is 14.7 Å². The molecule has 2 rings (SSSR count). The fraction of sp³-hybridized carbons (Fsp3) is 0.500. The molecule has 0 radical (unpaired) electrons. The summed E-state index contributed by atoms with van der Waals surface area (Å²) in [6.45, 7) is 6.50. The van der Waals surface area contributed by atoms with Crippen molar-refractivity contribution in [2.75, 3.05) is 6.54 Å². The molecule has 1 N–H and O–H groups in total. The number of hydrogen-bond donors (Lipinski definition) is 1. The van der Waals surface area contributed by atoms with Gasteiger partial charge in [-0.15, -0.1) is 0 Å². The van der Waals surface area contributed by atoms with Crippen LogP contribution in [0.4, 0.5) is 0 Å². The van der Waals surface area contributed by atoms with Crippen LogP contribution in [0.1, 0.15) is 41.3 Å². The molecule has 20 heavy (non-hydrogen) atoms. The number of amides is 1. The fourth-order valence-electron chi connectivity index (χ4n) is 2.66. The van der Waals surface area contributed by atoms with Gasteiger partial charge < -0.3 is 10.0 Å². The summed E-state index contributed by atoms with van der Waals surface area (Å²) >= 11 is 0. The SMILES string of the molecule is Cc1ccc(C(=O)N2CCC(C)CC2C(=O)O)cc1C. The third-order valence-corrected chi connectivity index (χ3v) is 4.16. The van der Waals surface area contributed by atoms with E-state index in [1.807, 2.05) is 32.9 Å². The number of likely N-dealkylation sites (tertiary alicyclic amines) is 1. The fourth-order valence-corrected chi connectivity index (χ4v) is 2.66. The van der Waals surface area contributed by atoms with Crippen LogP contribution in [0.3, 0.4) is 0 Å². The van der Waals surface area contributed by atoms with Crippen LogP contribution < -0.4 is 0 Å². The molecular weight excluding hydrogens is 254 g/mol. The quantitative estimate of drug-likeness (QED) is 0.902. The lowest BCUT2D eigenvalue weighted by atomic mass is 9.91. The highest BCUT2D eigenvalue weighted by atomic mass is 16.4. The molecule has 2 atom stereocenters. The maximum atomic E-state index is 12.5. The minimum atomic E-state index is -0.909. The molecule has 1 heterocycles. The summed E-state index contributed by atoms with van der Waals surface area (Å²) < 4.78 is 0. The number of carboxylic acids is 1. The zero-order valence-corrected chi connectivity index (χ0v) is 12.2. The molecule has 1 aliphatic rings. The van der Waals surface area contributed by atoms with Gasteiger partial charge in [0.1, 0.15) is 6.04 Å². The Morgan fingerprint density at radius 1 is 1.25 bits per heavy atom. The maximum absolute atomic E-state index is 12.5. The first kappa shape index (κ1) is 14.6. The molecule has 0 aromatic heterocycles. The van der Waals surface area contributed by atoms with Gasteiger partial charge in [-0.05, 0) is 55.9 Å². The minimum Gasteiger partial charge on any atom is -0.480 e. The third kappa shape index (κ3) is 2.84. The predicted molar refractivity (Wildman–Crippen MR) is 76.8 cm³/mol.